The van der Waals surface area contributed by atoms with E-state index >= 15 is 0 Å². The fraction of sp³-hybridized carbons (Fsp3) is 0.625. The fourth-order valence-electron chi connectivity index (χ4n) is 4.46. The number of hydrogen-bond acceptors (Lipinski definition) is 8. The molecule has 1 fully saturated rings. The number of rotatable bonds is 10. The van der Waals surface area contributed by atoms with Crippen LogP contribution in [0.5, 0.6) is 0 Å². The zero-order valence-corrected chi connectivity index (χ0v) is 21.7. The first-order valence-electron chi connectivity index (χ1n) is 11.6. The molecule has 1 aliphatic rings. The molecule has 1 aliphatic carbocycles. The quantitative estimate of drug-likeness (QED) is 0.404. The Kier molecular flexibility index (Phi) is 9.35. The molecular formula is C24H35ClN4O3S. The molecule has 1 saturated carbocycles. The number of nitrogens with zero attached hydrogens (tertiary/aromatic N) is 3. The molecule has 0 bridgehead atoms. The summed E-state index contributed by atoms with van der Waals surface area (Å²) in [6.07, 6.45) is 5.00. The highest BCUT2D eigenvalue weighted by molar-refractivity contribution is 7.10. The molecule has 1 aromatic heterocycles. The highest BCUT2D eigenvalue weighted by Gasteiger charge is 2.28. The molecule has 33 heavy (non-hydrogen) atoms. The van der Waals surface area contributed by atoms with Crippen molar-refractivity contribution in [2.45, 2.75) is 70.9 Å². The first kappa shape index (κ1) is 25.7. The van der Waals surface area contributed by atoms with Gasteiger partial charge in [-0.25, -0.2) is 0 Å². The van der Waals surface area contributed by atoms with E-state index in [0.29, 0.717) is 29.6 Å². The van der Waals surface area contributed by atoms with Crippen LogP contribution in [0.1, 0.15) is 64.4 Å². The third kappa shape index (κ3) is 7.04. The number of anilines is 3. The maximum Gasteiger partial charge on any atom is 0.306 e. The molecule has 1 N–H and O–H groups in total. The zero-order chi connectivity index (χ0) is 24.0. The van der Waals surface area contributed by atoms with Crippen LogP contribution in [0.3, 0.4) is 0 Å². The predicted molar refractivity (Wildman–Crippen MR) is 135 cm³/mol. The number of esters is 1. The lowest BCUT2D eigenvalue weighted by Crippen LogP contribution is -2.41. The highest BCUT2D eigenvalue weighted by Crippen LogP contribution is 2.38. The summed E-state index contributed by atoms with van der Waals surface area (Å²) < 4.78 is 14.6. The molecule has 2 aromatic rings. The Morgan fingerprint density at radius 2 is 1.97 bits per heavy atom. The summed E-state index contributed by atoms with van der Waals surface area (Å²) in [5.41, 5.74) is 3.14. The molecule has 0 saturated heterocycles. The second kappa shape index (κ2) is 12.0. The molecule has 0 amide bonds. The van der Waals surface area contributed by atoms with E-state index in [4.69, 9.17) is 21.1 Å². The minimum absolute atomic E-state index is 0.0285. The largest absolute Gasteiger partial charge is 0.469 e. The lowest BCUT2D eigenvalue weighted by atomic mass is 9.90. The van der Waals surface area contributed by atoms with Crippen LogP contribution in [-0.2, 0) is 14.3 Å². The number of benzene rings is 1. The van der Waals surface area contributed by atoms with Crippen molar-refractivity contribution in [2.75, 3.05) is 31.0 Å². The van der Waals surface area contributed by atoms with E-state index in [9.17, 15) is 4.79 Å². The van der Waals surface area contributed by atoms with Crippen LogP contribution in [-0.4, -0.2) is 48.2 Å². The van der Waals surface area contributed by atoms with Gasteiger partial charge in [0.1, 0.15) is 0 Å². The van der Waals surface area contributed by atoms with Crippen LogP contribution in [0.2, 0.25) is 5.28 Å². The fourth-order valence-corrected chi connectivity index (χ4v) is 5.19. The molecular weight excluding hydrogens is 460 g/mol. The second-order valence-electron chi connectivity index (χ2n) is 9.16. The number of aromatic nitrogens is 2. The van der Waals surface area contributed by atoms with E-state index in [1.807, 2.05) is 6.92 Å². The van der Waals surface area contributed by atoms with Crippen molar-refractivity contribution in [1.29, 1.82) is 0 Å². The van der Waals surface area contributed by atoms with E-state index in [-0.39, 0.29) is 17.2 Å². The monoisotopic (exact) mass is 494 g/mol. The van der Waals surface area contributed by atoms with Gasteiger partial charge >= 0.3 is 5.97 Å². The zero-order valence-electron chi connectivity index (χ0n) is 20.1. The summed E-state index contributed by atoms with van der Waals surface area (Å²) in [7, 11) is 3.23. The molecule has 3 rings (SSSR count). The van der Waals surface area contributed by atoms with Gasteiger partial charge in [0, 0.05) is 31.2 Å². The van der Waals surface area contributed by atoms with Crippen LogP contribution < -0.4 is 10.2 Å². The average molecular weight is 495 g/mol. The smallest absolute Gasteiger partial charge is 0.306 e. The SMILES string of the molecule is COC(=O)C[C@@H](C)c1ccc(N(CC(C)C)C2CCC(OC)CC2)c(Nc2nc(Cl)ns2)c1. The molecule has 1 heterocycles. The Bertz CT molecular complexity index is 915. The van der Waals surface area contributed by atoms with E-state index in [1.54, 1.807) is 7.11 Å². The Balaban J connectivity index is 1.96. The molecule has 9 heteroatoms. The van der Waals surface area contributed by atoms with Gasteiger partial charge in [0.05, 0.1) is 31.0 Å². The molecule has 0 unspecified atom stereocenters. The Morgan fingerprint density at radius 1 is 1.24 bits per heavy atom. The predicted octanol–water partition coefficient (Wildman–Crippen LogP) is 6.02. The number of carbonyl (C=O) groups is 1. The molecule has 0 spiro atoms. The summed E-state index contributed by atoms with van der Waals surface area (Å²) in [6.45, 7) is 7.48. The van der Waals surface area contributed by atoms with E-state index in [0.717, 1.165) is 49.2 Å². The second-order valence-corrected chi connectivity index (χ2v) is 10.3. The van der Waals surface area contributed by atoms with Crippen LogP contribution >= 0.6 is 23.1 Å². The highest BCUT2D eigenvalue weighted by atomic mass is 35.5. The Hall–Kier alpha value is -1.90. The summed E-state index contributed by atoms with van der Waals surface area (Å²) in [5.74, 6) is 0.320. The lowest BCUT2D eigenvalue weighted by molar-refractivity contribution is -0.140. The average Bonchev–Trinajstić information content (AvgIpc) is 3.21. The maximum absolute atomic E-state index is 11.8. The first-order chi connectivity index (χ1) is 15.8. The van der Waals surface area contributed by atoms with Gasteiger partial charge in [0.2, 0.25) is 10.4 Å². The summed E-state index contributed by atoms with van der Waals surface area (Å²) in [6, 6.07) is 6.84. The minimum atomic E-state index is -0.215. The third-order valence-corrected chi connectivity index (χ3v) is 7.12. The number of methoxy groups -OCH3 is 2. The molecule has 7 nitrogen and oxygen atoms in total. The summed E-state index contributed by atoms with van der Waals surface area (Å²) in [4.78, 5) is 18.7. The van der Waals surface area contributed by atoms with Crippen molar-refractivity contribution in [3.05, 3.63) is 29.0 Å². The van der Waals surface area contributed by atoms with Crippen molar-refractivity contribution in [2.24, 2.45) is 5.92 Å². The number of halogens is 1. The van der Waals surface area contributed by atoms with E-state index in [2.05, 4.69) is 51.6 Å². The Morgan fingerprint density at radius 3 is 2.55 bits per heavy atom. The van der Waals surface area contributed by atoms with Gasteiger partial charge in [-0.15, -0.1) is 0 Å². The number of ether oxygens (including phenoxy) is 2. The minimum Gasteiger partial charge on any atom is -0.469 e. The van der Waals surface area contributed by atoms with Gasteiger partial charge in [-0.05, 0) is 66.8 Å². The molecule has 1 atom stereocenters. The number of nitrogens with one attached hydrogen (secondary N) is 1. The molecule has 1 aromatic carbocycles. The van der Waals surface area contributed by atoms with Gasteiger partial charge in [0.25, 0.3) is 0 Å². The summed E-state index contributed by atoms with van der Waals surface area (Å²) >= 11 is 7.21. The van der Waals surface area contributed by atoms with Crippen molar-refractivity contribution < 1.29 is 14.3 Å². The molecule has 182 valence electrons. The maximum atomic E-state index is 11.8. The topological polar surface area (TPSA) is 76.6 Å². The van der Waals surface area contributed by atoms with Crippen LogP contribution in [0.4, 0.5) is 16.5 Å². The number of hydrogen-bond donors (Lipinski definition) is 1. The van der Waals surface area contributed by atoms with Gasteiger partial charge in [-0.2, -0.15) is 9.36 Å². The van der Waals surface area contributed by atoms with E-state index < -0.39 is 0 Å². The van der Waals surface area contributed by atoms with Gasteiger partial charge in [0.15, 0.2) is 0 Å². The van der Waals surface area contributed by atoms with Crippen molar-refractivity contribution in [3.63, 3.8) is 0 Å². The molecule has 0 aliphatic heterocycles. The number of carbonyl (C=O) groups excluding carboxylic acids is 1. The van der Waals surface area contributed by atoms with Gasteiger partial charge < -0.3 is 19.7 Å². The van der Waals surface area contributed by atoms with Crippen molar-refractivity contribution in [3.8, 4) is 0 Å². The van der Waals surface area contributed by atoms with Gasteiger partial charge in [-0.3, -0.25) is 4.79 Å². The van der Waals surface area contributed by atoms with Crippen molar-refractivity contribution in [1.82, 2.24) is 9.36 Å². The van der Waals surface area contributed by atoms with Crippen LogP contribution in [0.25, 0.3) is 0 Å². The van der Waals surface area contributed by atoms with Crippen LogP contribution in [0.15, 0.2) is 18.2 Å². The van der Waals surface area contributed by atoms with Gasteiger partial charge in [-0.1, -0.05) is 26.8 Å². The Labute approximate surface area is 206 Å². The summed E-state index contributed by atoms with van der Waals surface area (Å²) in [5, 5.41) is 4.32. The van der Waals surface area contributed by atoms with Crippen molar-refractivity contribution >= 4 is 45.6 Å². The first-order valence-corrected chi connectivity index (χ1v) is 12.7. The van der Waals surface area contributed by atoms with Crippen LogP contribution in [0, 0.1) is 5.92 Å². The molecule has 0 radical (unpaired) electrons. The normalized spacial score (nSPS) is 19.4. The standard InChI is InChI=1S/C24H35ClN4O3S/c1-15(2)14-29(18-7-9-19(31-4)10-8-18)21-11-6-17(16(3)12-22(30)32-5)13-20(21)26-24-27-23(25)28-33-24/h6,11,13,15-16,18-19H,7-10,12,14H2,1-5H3,(H,26,27,28)/t16-,18?,19?/m1/s1. The van der Waals surface area contributed by atoms with E-state index in [1.165, 1.54) is 18.6 Å². The third-order valence-electron chi connectivity index (χ3n) is 6.22. The lowest BCUT2D eigenvalue weighted by Gasteiger charge is -2.40.